The molecular formula is C15H22N4O3. The summed E-state index contributed by atoms with van der Waals surface area (Å²) in [5.41, 5.74) is 0.348. The van der Waals surface area contributed by atoms with Crippen molar-refractivity contribution in [2.24, 2.45) is 0 Å². The largest absolute Gasteiger partial charge is 0.466 e. The third-order valence-corrected chi connectivity index (χ3v) is 3.64. The van der Waals surface area contributed by atoms with E-state index in [1.165, 1.54) is 6.20 Å². The van der Waals surface area contributed by atoms with Gasteiger partial charge in [0.2, 0.25) is 0 Å². The second kappa shape index (κ2) is 8.43. The van der Waals surface area contributed by atoms with E-state index in [4.69, 9.17) is 4.74 Å². The zero-order valence-corrected chi connectivity index (χ0v) is 12.9. The lowest BCUT2D eigenvalue weighted by Crippen LogP contribution is -2.47. The molecule has 7 heteroatoms. The minimum Gasteiger partial charge on any atom is -0.466 e. The van der Waals surface area contributed by atoms with Gasteiger partial charge in [-0.05, 0) is 19.9 Å². The Morgan fingerprint density at radius 3 is 2.64 bits per heavy atom. The van der Waals surface area contributed by atoms with Crippen molar-refractivity contribution in [2.75, 3.05) is 44.2 Å². The molecule has 0 spiro atoms. The number of hydrogen-bond donors (Lipinski definition) is 0. The molecule has 0 saturated carbocycles. The molecule has 0 N–H and O–H groups in total. The standard InChI is InChI=1S/C15H22N4O3/c1-2-22-15(21)4-3-5-18-6-8-19(9-7-18)14-11-16-13(12-20)10-17-14/h10-12H,2-9H2,1H3. The van der Waals surface area contributed by atoms with Gasteiger partial charge in [-0.1, -0.05) is 0 Å². The highest BCUT2D eigenvalue weighted by atomic mass is 16.5. The smallest absolute Gasteiger partial charge is 0.305 e. The molecule has 2 rings (SSSR count). The summed E-state index contributed by atoms with van der Waals surface area (Å²) in [6, 6.07) is 0. The third kappa shape index (κ3) is 4.77. The van der Waals surface area contributed by atoms with Crippen LogP contribution in [0.4, 0.5) is 5.82 Å². The highest BCUT2D eigenvalue weighted by Crippen LogP contribution is 2.12. The molecule has 0 aliphatic carbocycles. The highest BCUT2D eigenvalue weighted by molar-refractivity contribution is 5.71. The summed E-state index contributed by atoms with van der Waals surface area (Å²) < 4.78 is 4.92. The summed E-state index contributed by atoms with van der Waals surface area (Å²) in [6.45, 7) is 6.77. The molecule has 1 aromatic heterocycles. The van der Waals surface area contributed by atoms with E-state index in [-0.39, 0.29) is 5.97 Å². The summed E-state index contributed by atoms with van der Waals surface area (Å²) in [7, 11) is 0. The first-order valence-electron chi connectivity index (χ1n) is 7.63. The molecule has 1 saturated heterocycles. The van der Waals surface area contributed by atoms with Gasteiger partial charge in [0.1, 0.15) is 11.5 Å². The van der Waals surface area contributed by atoms with Crippen LogP contribution in [0.2, 0.25) is 0 Å². The fourth-order valence-corrected chi connectivity index (χ4v) is 2.44. The minimum atomic E-state index is -0.119. The van der Waals surface area contributed by atoms with E-state index >= 15 is 0 Å². The maximum atomic E-state index is 11.3. The molecule has 7 nitrogen and oxygen atoms in total. The molecule has 120 valence electrons. The normalized spacial score (nSPS) is 15.6. The van der Waals surface area contributed by atoms with Gasteiger partial charge in [-0.2, -0.15) is 0 Å². The van der Waals surface area contributed by atoms with Crippen LogP contribution in [0, 0.1) is 0 Å². The topological polar surface area (TPSA) is 75.6 Å². The third-order valence-electron chi connectivity index (χ3n) is 3.64. The lowest BCUT2D eigenvalue weighted by atomic mass is 10.2. The van der Waals surface area contributed by atoms with Crippen molar-refractivity contribution in [3.63, 3.8) is 0 Å². The van der Waals surface area contributed by atoms with Gasteiger partial charge in [-0.3, -0.25) is 14.5 Å². The number of hydrogen-bond acceptors (Lipinski definition) is 7. The molecular weight excluding hydrogens is 284 g/mol. The number of aldehydes is 1. The van der Waals surface area contributed by atoms with Crippen LogP contribution < -0.4 is 4.90 Å². The zero-order chi connectivity index (χ0) is 15.8. The molecule has 2 heterocycles. The van der Waals surface area contributed by atoms with E-state index in [9.17, 15) is 9.59 Å². The first-order chi connectivity index (χ1) is 10.7. The Morgan fingerprint density at radius 2 is 2.05 bits per heavy atom. The van der Waals surface area contributed by atoms with Crippen LogP contribution in [-0.2, 0) is 9.53 Å². The van der Waals surface area contributed by atoms with Crippen molar-refractivity contribution < 1.29 is 14.3 Å². The van der Waals surface area contributed by atoms with Gasteiger partial charge in [0.05, 0.1) is 19.0 Å². The number of aromatic nitrogens is 2. The van der Waals surface area contributed by atoms with Gasteiger partial charge < -0.3 is 9.64 Å². The number of nitrogens with zero attached hydrogens (tertiary/aromatic N) is 4. The Morgan fingerprint density at radius 1 is 1.27 bits per heavy atom. The lowest BCUT2D eigenvalue weighted by molar-refractivity contribution is -0.143. The van der Waals surface area contributed by atoms with E-state index in [1.807, 2.05) is 6.92 Å². The van der Waals surface area contributed by atoms with Crippen LogP contribution in [0.1, 0.15) is 30.3 Å². The molecule has 1 aliphatic heterocycles. The second-order valence-electron chi connectivity index (χ2n) is 5.15. The van der Waals surface area contributed by atoms with Crippen molar-refractivity contribution in [1.82, 2.24) is 14.9 Å². The van der Waals surface area contributed by atoms with E-state index in [2.05, 4.69) is 19.8 Å². The minimum absolute atomic E-state index is 0.119. The van der Waals surface area contributed by atoms with Crippen molar-refractivity contribution in [3.05, 3.63) is 18.1 Å². The number of ether oxygens (including phenoxy) is 1. The Bertz CT molecular complexity index is 484. The second-order valence-corrected chi connectivity index (χ2v) is 5.15. The fourth-order valence-electron chi connectivity index (χ4n) is 2.44. The van der Waals surface area contributed by atoms with Gasteiger partial charge in [0.25, 0.3) is 0 Å². The summed E-state index contributed by atoms with van der Waals surface area (Å²) in [5.74, 6) is 0.684. The summed E-state index contributed by atoms with van der Waals surface area (Å²) in [6.07, 6.45) is 5.13. The molecule has 0 amide bonds. The van der Waals surface area contributed by atoms with Gasteiger partial charge in [0, 0.05) is 32.6 Å². The lowest BCUT2D eigenvalue weighted by Gasteiger charge is -2.35. The Labute approximate surface area is 130 Å². The number of anilines is 1. The molecule has 0 bridgehead atoms. The average Bonchev–Trinajstić information content (AvgIpc) is 2.56. The van der Waals surface area contributed by atoms with Crippen LogP contribution in [0.25, 0.3) is 0 Å². The molecule has 1 aliphatic rings. The molecule has 1 aromatic rings. The van der Waals surface area contributed by atoms with Crippen LogP contribution in [0.5, 0.6) is 0 Å². The van der Waals surface area contributed by atoms with Gasteiger partial charge in [-0.15, -0.1) is 0 Å². The number of rotatable bonds is 7. The number of carbonyl (C=O) groups is 2. The predicted molar refractivity (Wildman–Crippen MR) is 81.9 cm³/mol. The number of piperazine rings is 1. The van der Waals surface area contributed by atoms with Crippen LogP contribution in [0.15, 0.2) is 12.4 Å². The van der Waals surface area contributed by atoms with Crippen molar-refractivity contribution in [1.29, 1.82) is 0 Å². The molecule has 22 heavy (non-hydrogen) atoms. The monoisotopic (exact) mass is 306 g/mol. The first-order valence-corrected chi connectivity index (χ1v) is 7.63. The molecule has 0 radical (unpaired) electrons. The van der Waals surface area contributed by atoms with Crippen LogP contribution >= 0.6 is 0 Å². The molecule has 0 aromatic carbocycles. The van der Waals surface area contributed by atoms with Crippen molar-refractivity contribution in [2.45, 2.75) is 19.8 Å². The van der Waals surface area contributed by atoms with Crippen molar-refractivity contribution in [3.8, 4) is 0 Å². The van der Waals surface area contributed by atoms with Crippen molar-refractivity contribution >= 4 is 18.1 Å². The summed E-state index contributed by atoms with van der Waals surface area (Å²) in [4.78, 5) is 34.6. The maximum absolute atomic E-state index is 11.3. The Kier molecular flexibility index (Phi) is 6.27. The van der Waals surface area contributed by atoms with Gasteiger partial charge in [0.15, 0.2) is 6.29 Å². The van der Waals surface area contributed by atoms with E-state index in [0.29, 0.717) is 25.0 Å². The van der Waals surface area contributed by atoms with Gasteiger partial charge >= 0.3 is 5.97 Å². The van der Waals surface area contributed by atoms with E-state index in [0.717, 1.165) is 45.0 Å². The van der Waals surface area contributed by atoms with Gasteiger partial charge in [-0.25, -0.2) is 9.97 Å². The van der Waals surface area contributed by atoms with E-state index < -0.39 is 0 Å². The SMILES string of the molecule is CCOC(=O)CCCN1CCN(c2cnc(C=O)cn2)CC1. The zero-order valence-electron chi connectivity index (χ0n) is 12.9. The quantitative estimate of drug-likeness (QED) is 0.543. The van der Waals surface area contributed by atoms with E-state index in [1.54, 1.807) is 6.20 Å². The van der Waals surface area contributed by atoms with Crippen LogP contribution in [-0.4, -0.2) is 66.5 Å². The maximum Gasteiger partial charge on any atom is 0.305 e. The first kappa shape index (κ1) is 16.4. The Hall–Kier alpha value is -2.02. The number of esters is 1. The summed E-state index contributed by atoms with van der Waals surface area (Å²) >= 11 is 0. The predicted octanol–water partition coefficient (Wildman–Crippen LogP) is 0.754. The molecule has 1 fully saturated rings. The average molecular weight is 306 g/mol. The highest BCUT2D eigenvalue weighted by Gasteiger charge is 2.18. The molecule has 0 atom stereocenters. The Balaban J connectivity index is 1.71. The summed E-state index contributed by atoms with van der Waals surface area (Å²) in [5, 5.41) is 0. The number of carbonyl (C=O) groups excluding carboxylic acids is 2. The fraction of sp³-hybridized carbons (Fsp3) is 0.600. The molecule has 0 unspecified atom stereocenters. The van der Waals surface area contributed by atoms with Crippen LogP contribution in [0.3, 0.4) is 0 Å².